The Hall–Kier alpha value is -1.37. The number of methoxy groups -OCH3 is 1. The second-order valence-electron chi connectivity index (χ2n) is 5.58. The molecule has 23 heavy (non-hydrogen) atoms. The number of likely N-dealkylation sites (tertiary alicyclic amines) is 1. The Morgan fingerprint density at radius 3 is 2.96 bits per heavy atom. The van der Waals surface area contributed by atoms with E-state index in [0.717, 1.165) is 34.3 Å². The number of carboxylic acid groups (broad SMARTS) is 1. The fraction of sp³-hybridized carbons (Fsp3) is 0.353. The highest BCUT2D eigenvalue weighted by atomic mass is 79.9. The van der Waals surface area contributed by atoms with Crippen LogP contribution < -0.4 is 4.74 Å². The summed E-state index contributed by atoms with van der Waals surface area (Å²) in [6.07, 6.45) is 1.58. The summed E-state index contributed by atoms with van der Waals surface area (Å²) in [5.41, 5.74) is 2.10. The van der Waals surface area contributed by atoms with Gasteiger partial charge in [0.05, 0.1) is 13.2 Å². The summed E-state index contributed by atoms with van der Waals surface area (Å²) in [7, 11) is 1.65. The van der Waals surface area contributed by atoms with Crippen LogP contribution in [0, 0.1) is 0 Å². The van der Waals surface area contributed by atoms with E-state index in [-0.39, 0.29) is 6.04 Å². The molecule has 1 aromatic heterocycles. The standard InChI is InChI=1S/C17H18BrNO3S/c1-22-15-5-4-12(18)9-13(15)16(11-6-8-23-10-11)19-7-2-3-14(19)17(20)21/h4-6,8-10,14,16H,2-3,7H2,1H3,(H,20,21). The minimum Gasteiger partial charge on any atom is -0.496 e. The lowest BCUT2D eigenvalue weighted by atomic mass is 9.97. The Kier molecular flexibility index (Phi) is 5.04. The van der Waals surface area contributed by atoms with E-state index in [2.05, 4.69) is 32.3 Å². The highest BCUT2D eigenvalue weighted by molar-refractivity contribution is 9.10. The fourth-order valence-electron chi connectivity index (χ4n) is 3.26. The number of carboxylic acids is 1. The Balaban J connectivity index is 2.10. The van der Waals surface area contributed by atoms with Crippen LogP contribution in [0.5, 0.6) is 5.75 Å². The third-order valence-electron chi connectivity index (χ3n) is 4.26. The second-order valence-corrected chi connectivity index (χ2v) is 7.28. The van der Waals surface area contributed by atoms with Gasteiger partial charge in [-0.25, -0.2) is 0 Å². The molecular formula is C17H18BrNO3S. The molecule has 1 aliphatic heterocycles. The predicted octanol–water partition coefficient (Wildman–Crippen LogP) is 4.16. The lowest BCUT2D eigenvalue weighted by molar-refractivity contribution is -0.142. The van der Waals surface area contributed by atoms with E-state index in [4.69, 9.17) is 4.74 Å². The van der Waals surface area contributed by atoms with Crippen LogP contribution in [0.1, 0.15) is 30.0 Å². The third kappa shape index (κ3) is 3.29. The molecule has 2 atom stereocenters. The summed E-state index contributed by atoms with van der Waals surface area (Å²) in [6.45, 7) is 0.771. The van der Waals surface area contributed by atoms with Gasteiger partial charge in [-0.3, -0.25) is 9.69 Å². The summed E-state index contributed by atoms with van der Waals surface area (Å²) in [4.78, 5) is 13.7. The van der Waals surface area contributed by atoms with Gasteiger partial charge in [0.15, 0.2) is 0 Å². The summed E-state index contributed by atoms with van der Waals surface area (Å²) in [5, 5.41) is 13.7. The number of ether oxygens (including phenoxy) is 1. The molecule has 1 fully saturated rings. The molecule has 6 heteroatoms. The van der Waals surface area contributed by atoms with Crippen LogP contribution in [0.15, 0.2) is 39.5 Å². The SMILES string of the molecule is COc1ccc(Br)cc1C(c1ccsc1)N1CCCC1C(=O)O. The summed E-state index contributed by atoms with van der Waals surface area (Å²) in [5.74, 6) is 0.0251. The van der Waals surface area contributed by atoms with Gasteiger partial charge in [-0.1, -0.05) is 15.9 Å². The van der Waals surface area contributed by atoms with Gasteiger partial charge >= 0.3 is 5.97 Å². The fourth-order valence-corrected chi connectivity index (χ4v) is 4.32. The van der Waals surface area contributed by atoms with E-state index >= 15 is 0 Å². The van der Waals surface area contributed by atoms with E-state index in [1.54, 1.807) is 18.4 Å². The molecule has 0 spiro atoms. The van der Waals surface area contributed by atoms with E-state index in [9.17, 15) is 9.90 Å². The normalized spacial score (nSPS) is 19.7. The summed E-state index contributed by atoms with van der Waals surface area (Å²) in [6, 6.07) is 7.38. The van der Waals surface area contributed by atoms with E-state index in [0.29, 0.717) is 6.42 Å². The zero-order valence-electron chi connectivity index (χ0n) is 12.7. The topological polar surface area (TPSA) is 49.8 Å². The van der Waals surface area contributed by atoms with Crippen molar-refractivity contribution in [2.45, 2.75) is 24.9 Å². The lowest BCUT2D eigenvalue weighted by Gasteiger charge is -2.32. The first-order valence-corrected chi connectivity index (χ1v) is 9.19. The quantitative estimate of drug-likeness (QED) is 0.825. The molecule has 0 aliphatic carbocycles. The maximum Gasteiger partial charge on any atom is 0.320 e. The van der Waals surface area contributed by atoms with Crippen LogP contribution in [0.2, 0.25) is 0 Å². The number of halogens is 1. The highest BCUT2D eigenvalue weighted by Crippen LogP contribution is 2.40. The average Bonchev–Trinajstić information content (AvgIpc) is 3.20. The summed E-state index contributed by atoms with van der Waals surface area (Å²) >= 11 is 5.14. The van der Waals surface area contributed by atoms with Crippen LogP contribution in [0.4, 0.5) is 0 Å². The molecule has 3 rings (SSSR count). The molecule has 0 saturated carbocycles. The Morgan fingerprint density at radius 1 is 1.48 bits per heavy atom. The van der Waals surface area contributed by atoms with Gasteiger partial charge in [0, 0.05) is 16.6 Å². The number of rotatable bonds is 5. The van der Waals surface area contributed by atoms with Crippen LogP contribution in [0.25, 0.3) is 0 Å². The van der Waals surface area contributed by atoms with Crippen LogP contribution in [-0.2, 0) is 4.79 Å². The number of thiophene rings is 1. The van der Waals surface area contributed by atoms with Gasteiger partial charge in [0.2, 0.25) is 0 Å². The molecule has 0 amide bonds. The molecule has 122 valence electrons. The number of hydrogen-bond donors (Lipinski definition) is 1. The van der Waals surface area contributed by atoms with Gasteiger partial charge in [-0.2, -0.15) is 11.3 Å². The van der Waals surface area contributed by atoms with E-state index < -0.39 is 12.0 Å². The van der Waals surface area contributed by atoms with Crippen molar-refractivity contribution in [3.05, 3.63) is 50.6 Å². The molecule has 2 heterocycles. The van der Waals surface area contributed by atoms with Crippen LogP contribution >= 0.6 is 27.3 Å². The number of hydrogen-bond acceptors (Lipinski definition) is 4. The van der Waals surface area contributed by atoms with Crippen molar-refractivity contribution in [2.75, 3.05) is 13.7 Å². The summed E-state index contributed by atoms with van der Waals surface area (Å²) < 4.78 is 6.50. The number of aliphatic carboxylic acids is 1. The molecule has 1 aromatic carbocycles. The third-order valence-corrected chi connectivity index (χ3v) is 5.45. The zero-order valence-corrected chi connectivity index (χ0v) is 15.1. The first kappa shape index (κ1) is 16.5. The van der Waals surface area contributed by atoms with Gasteiger partial charge < -0.3 is 9.84 Å². The van der Waals surface area contributed by atoms with Crippen molar-refractivity contribution in [1.82, 2.24) is 4.90 Å². The highest BCUT2D eigenvalue weighted by Gasteiger charge is 2.38. The van der Waals surface area contributed by atoms with Gasteiger partial charge in [-0.15, -0.1) is 0 Å². The smallest absolute Gasteiger partial charge is 0.320 e. The predicted molar refractivity (Wildman–Crippen MR) is 94.2 cm³/mol. The zero-order chi connectivity index (χ0) is 16.4. The first-order chi connectivity index (χ1) is 11.1. The molecular weight excluding hydrogens is 378 g/mol. The maximum absolute atomic E-state index is 11.7. The second kappa shape index (κ2) is 7.03. The van der Waals surface area contributed by atoms with Gasteiger partial charge in [0.1, 0.15) is 11.8 Å². The van der Waals surface area contributed by atoms with Crippen molar-refractivity contribution in [1.29, 1.82) is 0 Å². The largest absolute Gasteiger partial charge is 0.496 e. The molecule has 2 unspecified atom stereocenters. The molecule has 0 radical (unpaired) electrons. The van der Waals surface area contributed by atoms with Crippen molar-refractivity contribution >= 4 is 33.2 Å². The van der Waals surface area contributed by atoms with Gasteiger partial charge in [0.25, 0.3) is 0 Å². The monoisotopic (exact) mass is 395 g/mol. The Labute approximate surface area is 147 Å². The number of carbonyl (C=O) groups is 1. The minimum atomic E-state index is -0.753. The Morgan fingerprint density at radius 2 is 2.30 bits per heavy atom. The van der Waals surface area contributed by atoms with Gasteiger partial charge in [-0.05, 0) is 53.4 Å². The molecule has 0 bridgehead atoms. The minimum absolute atomic E-state index is 0.114. The number of nitrogens with zero attached hydrogens (tertiary/aromatic N) is 1. The Bertz CT molecular complexity index is 689. The van der Waals surface area contributed by atoms with Crippen LogP contribution in [0.3, 0.4) is 0 Å². The maximum atomic E-state index is 11.7. The molecule has 1 N–H and O–H groups in total. The van der Waals surface area contributed by atoms with Crippen LogP contribution in [-0.4, -0.2) is 35.7 Å². The molecule has 1 aliphatic rings. The molecule has 4 nitrogen and oxygen atoms in total. The van der Waals surface area contributed by atoms with Crippen molar-refractivity contribution in [3.63, 3.8) is 0 Å². The molecule has 1 saturated heterocycles. The van der Waals surface area contributed by atoms with Crippen molar-refractivity contribution in [2.24, 2.45) is 0 Å². The van der Waals surface area contributed by atoms with Crippen molar-refractivity contribution in [3.8, 4) is 5.75 Å². The van der Waals surface area contributed by atoms with Crippen molar-refractivity contribution < 1.29 is 14.6 Å². The lowest BCUT2D eigenvalue weighted by Crippen LogP contribution is -2.39. The van der Waals surface area contributed by atoms with E-state index in [1.807, 2.05) is 23.6 Å². The molecule has 2 aromatic rings. The average molecular weight is 396 g/mol. The van der Waals surface area contributed by atoms with E-state index in [1.165, 1.54) is 0 Å². The first-order valence-electron chi connectivity index (χ1n) is 7.46. The number of benzene rings is 1.